The number of nitrogens with one attached hydrogen (secondary N) is 1. The van der Waals surface area contributed by atoms with Gasteiger partial charge in [0.05, 0.1) is 5.56 Å². The predicted molar refractivity (Wildman–Crippen MR) is 78.6 cm³/mol. The molecule has 4 heteroatoms. The lowest BCUT2D eigenvalue weighted by atomic mass is 10.1. The highest BCUT2D eigenvalue weighted by molar-refractivity contribution is 5.67. The van der Waals surface area contributed by atoms with Gasteiger partial charge in [0.1, 0.15) is 11.4 Å². The van der Waals surface area contributed by atoms with E-state index < -0.39 is 11.7 Å². The van der Waals surface area contributed by atoms with Crippen LogP contribution in [0.1, 0.15) is 38.3 Å². The van der Waals surface area contributed by atoms with Gasteiger partial charge in [-0.25, -0.2) is 4.79 Å². The molecule has 0 radical (unpaired) electrons. The van der Waals surface area contributed by atoms with Crippen molar-refractivity contribution < 1.29 is 14.6 Å². The van der Waals surface area contributed by atoms with E-state index in [2.05, 4.69) is 17.2 Å². The first kappa shape index (κ1) is 15.9. The molecule has 0 heterocycles. The van der Waals surface area contributed by atoms with E-state index in [0.29, 0.717) is 18.5 Å². The molecule has 4 nitrogen and oxygen atoms in total. The molecular weight excluding hydrogens is 254 g/mol. The summed E-state index contributed by atoms with van der Waals surface area (Å²) in [6.45, 7) is 7.74. The molecule has 0 spiro atoms. The van der Waals surface area contributed by atoms with Crippen molar-refractivity contribution >= 4 is 6.09 Å². The van der Waals surface area contributed by atoms with Crippen LogP contribution in [0.15, 0.2) is 18.2 Å². The Labute approximate surface area is 120 Å². The zero-order valence-electron chi connectivity index (χ0n) is 12.4. The summed E-state index contributed by atoms with van der Waals surface area (Å²) in [5, 5.41) is 12.3. The molecule has 0 atom stereocenters. The number of phenols is 1. The topological polar surface area (TPSA) is 58.6 Å². The molecule has 1 amide bonds. The van der Waals surface area contributed by atoms with Crippen LogP contribution in [0.25, 0.3) is 0 Å². The number of hydrogen-bond donors (Lipinski definition) is 2. The van der Waals surface area contributed by atoms with Crippen LogP contribution in [-0.4, -0.2) is 23.3 Å². The molecule has 0 unspecified atom stereocenters. The standard InChI is InChI=1S/C16H21NO3/c1-12-8-7-10-14(18)13(12)9-5-6-11-17-15(19)20-16(2,3)4/h7-8,10,18H,6,11H2,1-4H3,(H,17,19). The first-order valence-electron chi connectivity index (χ1n) is 6.54. The first-order chi connectivity index (χ1) is 9.29. The van der Waals surface area contributed by atoms with E-state index in [-0.39, 0.29) is 5.75 Å². The quantitative estimate of drug-likeness (QED) is 0.644. The van der Waals surface area contributed by atoms with Crippen molar-refractivity contribution in [2.75, 3.05) is 6.54 Å². The van der Waals surface area contributed by atoms with Gasteiger partial charge >= 0.3 is 6.09 Å². The Morgan fingerprint density at radius 2 is 2.10 bits per heavy atom. The molecule has 20 heavy (non-hydrogen) atoms. The Morgan fingerprint density at radius 3 is 2.70 bits per heavy atom. The summed E-state index contributed by atoms with van der Waals surface area (Å²) in [6.07, 6.45) is 0.0468. The molecule has 0 bridgehead atoms. The maximum absolute atomic E-state index is 11.4. The fourth-order valence-electron chi connectivity index (χ4n) is 1.51. The molecule has 0 saturated heterocycles. The van der Waals surface area contributed by atoms with Gasteiger partial charge in [0.15, 0.2) is 0 Å². The monoisotopic (exact) mass is 275 g/mol. The highest BCUT2D eigenvalue weighted by atomic mass is 16.6. The number of alkyl carbamates (subject to hydrolysis) is 1. The second-order valence-corrected chi connectivity index (χ2v) is 5.45. The van der Waals surface area contributed by atoms with Crippen LogP contribution in [0.2, 0.25) is 0 Å². The van der Waals surface area contributed by atoms with Crippen molar-refractivity contribution in [1.82, 2.24) is 5.32 Å². The van der Waals surface area contributed by atoms with Crippen LogP contribution < -0.4 is 5.32 Å². The molecule has 1 rings (SSSR count). The molecule has 108 valence electrons. The van der Waals surface area contributed by atoms with E-state index in [1.807, 2.05) is 33.8 Å². The molecule has 0 aliphatic rings. The largest absolute Gasteiger partial charge is 0.507 e. The van der Waals surface area contributed by atoms with Gasteiger partial charge in [0.2, 0.25) is 0 Å². The fourth-order valence-corrected chi connectivity index (χ4v) is 1.51. The Hall–Kier alpha value is -2.15. The average molecular weight is 275 g/mol. The number of phenolic OH excluding ortho intramolecular Hbond substituents is 1. The number of aryl methyl sites for hydroxylation is 1. The third-order valence-electron chi connectivity index (χ3n) is 2.38. The number of aromatic hydroxyl groups is 1. The number of amides is 1. The van der Waals surface area contributed by atoms with Crippen molar-refractivity contribution in [1.29, 1.82) is 0 Å². The Morgan fingerprint density at radius 1 is 1.40 bits per heavy atom. The molecule has 0 fully saturated rings. The van der Waals surface area contributed by atoms with Gasteiger partial charge in [-0.05, 0) is 39.3 Å². The van der Waals surface area contributed by atoms with Gasteiger partial charge in [-0.15, -0.1) is 0 Å². The van der Waals surface area contributed by atoms with E-state index in [4.69, 9.17) is 4.74 Å². The third-order valence-corrected chi connectivity index (χ3v) is 2.38. The van der Waals surface area contributed by atoms with Gasteiger partial charge in [-0.1, -0.05) is 24.0 Å². The lowest BCUT2D eigenvalue weighted by molar-refractivity contribution is 0.0529. The minimum absolute atomic E-state index is 0.178. The summed E-state index contributed by atoms with van der Waals surface area (Å²) in [6, 6.07) is 5.28. The van der Waals surface area contributed by atoms with Crippen LogP contribution in [-0.2, 0) is 4.74 Å². The number of rotatable bonds is 2. The smallest absolute Gasteiger partial charge is 0.407 e. The van der Waals surface area contributed by atoms with E-state index in [9.17, 15) is 9.90 Å². The van der Waals surface area contributed by atoms with Crippen LogP contribution in [0, 0.1) is 18.8 Å². The number of hydrogen-bond acceptors (Lipinski definition) is 3. The summed E-state index contributed by atoms with van der Waals surface area (Å²) in [5.74, 6) is 6.01. The number of carbonyl (C=O) groups is 1. The Bertz CT molecular complexity index is 513. The Kier molecular flexibility index (Phi) is 5.45. The molecule has 0 aromatic heterocycles. The second-order valence-electron chi connectivity index (χ2n) is 5.45. The van der Waals surface area contributed by atoms with Crippen molar-refractivity contribution in [3.63, 3.8) is 0 Å². The van der Waals surface area contributed by atoms with Gasteiger partial charge in [-0.2, -0.15) is 0 Å². The van der Waals surface area contributed by atoms with Crippen molar-refractivity contribution in [3.05, 3.63) is 29.3 Å². The molecule has 0 aliphatic carbocycles. The number of ether oxygens (including phenoxy) is 1. The number of carbonyl (C=O) groups excluding carboxylic acids is 1. The first-order valence-corrected chi connectivity index (χ1v) is 6.54. The predicted octanol–water partition coefficient (Wildman–Crippen LogP) is 2.97. The lowest BCUT2D eigenvalue weighted by Crippen LogP contribution is -2.32. The molecular formula is C16H21NO3. The molecule has 2 N–H and O–H groups in total. The van der Waals surface area contributed by atoms with E-state index >= 15 is 0 Å². The highest BCUT2D eigenvalue weighted by Gasteiger charge is 2.15. The summed E-state index contributed by atoms with van der Waals surface area (Å²) in [7, 11) is 0. The van der Waals surface area contributed by atoms with Crippen LogP contribution in [0.5, 0.6) is 5.75 Å². The van der Waals surface area contributed by atoms with Crippen molar-refractivity contribution in [2.24, 2.45) is 0 Å². The summed E-state index contributed by atoms with van der Waals surface area (Å²) < 4.78 is 5.10. The fraction of sp³-hybridized carbons (Fsp3) is 0.438. The van der Waals surface area contributed by atoms with Crippen LogP contribution in [0.3, 0.4) is 0 Å². The maximum atomic E-state index is 11.4. The molecule has 0 saturated carbocycles. The van der Waals surface area contributed by atoms with Gasteiger partial charge < -0.3 is 15.2 Å². The minimum atomic E-state index is -0.497. The summed E-state index contributed by atoms with van der Waals surface area (Å²) in [5.41, 5.74) is 1.06. The van der Waals surface area contributed by atoms with E-state index in [1.165, 1.54) is 0 Å². The second kappa shape index (κ2) is 6.85. The van der Waals surface area contributed by atoms with Gasteiger partial charge in [0, 0.05) is 13.0 Å². The summed E-state index contributed by atoms with van der Waals surface area (Å²) in [4.78, 5) is 11.4. The normalized spacial score (nSPS) is 10.4. The zero-order valence-corrected chi connectivity index (χ0v) is 12.4. The van der Waals surface area contributed by atoms with E-state index in [1.54, 1.807) is 12.1 Å². The molecule has 1 aromatic rings. The van der Waals surface area contributed by atoms with E-state index in [0.717, 1.165) is 5.56 Å². The van der Waals surface area contributed by atoms with Crippen molar-refractivity contribution in [3.8, 4) is 17.6 Å². The van der Waals surface area contributed by atoms with Crippen LogP contribution >= 0.6 is 0 Å². The third kappa shape index (κ3) is 5.66. The maximum Gasteiger partial charge on any atom is 0.407 e. The lowest BCUT2D eigenvalue weighted by Gasteiger charge is -2.19. The van der Waals surface area contributed by atoms with Crippen LogP contribution in [0.4, 0.5) is 4.79 Å². The average Bonchev–Trinajstić information content (AvgIpc) is 2.29. The molecule has 0 aliphatic heterocycles. The minimum Gasteiger partial charge on any atom is -0.507 e. The zero-order chi connectivity index (χ0) is 15.2. The SMILES string of the molecule is Cc1cccc(O)c1C#CCCNC(=O)OC(C)(C)C. The van der Waals surface area contributed by atoms with Gasteiger partial charge in [0.25, 0.3) is 0 Å². The number of benzene rings is 1. The molecule has 1 aromatic carbocycles. The Balaban J connectivity index is 2.43. The highest BCUT2D eigenvalue weighted by Crippen LogP contribution is 2.18. The summed E-state index contributed by atoms with van der Waals surface area (Å²) >= 11 is 0. The van der Waals surface area contributed by atoms with Crippen molar-refractivity contribution in [2.45, 2.75) is 39.7 Å². The van der Waals surface area contributed by atoms with Gasteiger partial charge in [-0.3, -0.25) is 0 Å².